The fourth-order valence-electron chi connectivity index (χ4n) is 4.26. The number of aliphatic imine (C=N–C) groups is 1. The topological polar surface area (TPSA) is 45.7 Å². The highest BCUT2D eigenvalue weighted by Gasteiger charge is 2.58. The maximum Gasteiger partial charge on any atom is 0.191 e. The van der Waals surface area contributed by atoms with Crippen molar-refractivity contribution in [2.45, 2.75) is 63.9 Å². The number of rotatable bonds is 4. The van der Waals surface area contributed by atoms with Crippen LogP contribution in [0.3, 0.4) is 0 Å². The Bertz CT molecular complexity index is 413. The van der Waals surface area contributed by atoms with Crippen LogP contribution in [0.4, 0.5) is 0 Å². The Morgan fingerprint density at radius 1 is 1.30 bits per heavy atom. The molecule has 0 aromatic heterocycles. The van der Waals surface area contributed by atoms with E-state index in [1.165, 1.54) is 31.4 Å². The van der Waals surface area contributed by atoms with Gasteiger partial charge in [-0.3, -0.25) is 4.99 Å². The summed E-state index contributed by atoms with van der Waals surface area (Å²) in [5, 5.41) is 7.86. The molecule has 3 fully saturated rings. The lowest BCUT2D eigenvalue weighted by atomic mass is 9.55. The van der Waals surface area contributed by atoms with Crippen LogP contribution in [0.2, 0.25) is 0 Å². The van der Waals surface area contributed by atoms with Crippen LogP contribution < -0.4 is 10.6 Å². The van der Waals surface area contributed by atoms with Gasteiger partial charge in [-0.15, -0.1) is 24.0 Å². The molecule has 0 aromatic rings. The maximum absolute atomic E-state index is 6.00. The maximum atomic E-state index is 6.00. The zero-order valence-corrected chi connectivity index (χ0v) is 17.8. The zero-order chi connectivity index (χ0) is 15.6. The first-order valence-corrected chi connectivity index (χ1v) is 9.96. The van der Waals surface area contributed by atoms with Crippen molar-refractivity contribution >= 4 is 41.7 Å². The van der Waals surface area contributed by atoms with Crippen LogP contribution in [0.5, 0.6) is 0 Å². The molecule has 0 spiro atoms. The smallest absolute Gasteiger partial charge is 0.191 e. The van der Waals surface area contributed by atoms with E-state index in [0.29, 0.717) is 18.1 Å². The Labute approximate surface area is 162 Å². The standard InChI is InChI=1S/C17H31N3OS.HI/c1-4-18-16(19-11-12-7-6-10-22-12)20-14-13-8-5-9-21-15(13)17(14,2)3;/h12-15H,4-11H2,1-3H3,(H2,18,19,20);1H. The molecule has 1 saturated carbocycles. The predicted octanol–water partition coefficient (Wildman–Crippen LogP) is 3.26. The van der Waals surface area contributed by atoms with Crippen molar-refractivity contribution in [3.63, 3.8) is 0 Å². The van der Waals surface area contributed by atoms with Gasteiger partial charge in [0.2, 0.25) is 0 Å². The third-order valence-electron chi connectivity index (χ3n) is 5.44. The highest BCUT2D eigenvalue weighted by Crippen LogP contribution is 2.51. The van der Waals surface area contributed by atoms with Crippen LogP contribution >= 0.6 is 35.7 Å². The summed E-state index contributed by atoms with van der Waals surface area (Å²) in [4.78, 5) is 4.85. The average molecular weight is 453 g/mol. The summed E-state index contributed by atoms with van der Waals surface area (Å²) >= 11 is 2.08. The largest absolute Gasteiger partial charge is 0.377 e. The van der Waals surface area contributed by atoms with E-state index >= 15 is 0 Å². The second-order valence-corrected chi connectivity index (χ2v) is 8.80. The molecule has 4 atom stereocenters. The molecule has 2 heterocycles. The van der Waals surface area contributed by atoms with Gasteiger partial charge in [0.25, 0.3) is 0 Å². The van der Waals surface area contributed by atoms with E-state index in [1.54, 1.807) is 0 Å². The van der Waals surface area contributed by atoms with E-state index in [1.807, 2.05) is 0 Å². The second-order valence-electron chi connectivity index (χ2n) is 7.40. The van der Waals surface area contributed by atoms with E-state index in [2.05, 4.69) is 43.2 Å². The molecule has 2 N–H and O–H groups in total. The molecule has 23 heavy (non-hydrogen) atoms. The fraction of sp³-hybridized carbons (Fsp3) is 0.941. The first kappa shape index (κ1) is 19.6. The third-order valence-corrected chi connectivity index (χ3v) is 6.83. The molecular formula is C17H32IN3OS. The lowest BCUT2D eigenvalue weighted by molar-refractivity contribution is -0.188. The minimum Gasteiger partial charge on any atom is -0.377 e. The van der Waals surface area contributed by atoms with Gasteiger partial charge in [0.05, 0.1) is 12.6 Å². The van der Waals surface area contributed by atoms with Crippen molar-refractivity contribution in [3.05, 3.63) is 0 Å². The van der Waals surface area contributed by atoms with Crippen molar-refractivity contribution in [2.24, 2.45) is 16.3 Å². The lowest BCUT2D eigenvalue weighted by Crippen LogP contribution is -2.71. The minimum atomic E-state index is 0. The number of hydrogen-bond acceptors (Lipinski definition) is 3. The normalized spacial score (nSPS) is 35.7. The Kier molecular flexibility index (Phi) is 7.35. The summed E-state index contributed by atoms with van der Waals surface area (Å²) < 4.78 is 6.00. The van der Waals surface area contributed by atoms with Crippen LogP contribution in [0.1, 0.15) is 46.5 Å². The van der Waals surface area contributed by atoms with Gasteiger partial charge in [-0.1, -0.05) is 13.8 Å². The van der Waals surface area contributed by atoms with Crippen molar-refractivity contribution in [1.82, 2.24) is 10.6 Å². The lowest BCUT2D eigenvalue weighted by Gasteiger charge is -2.60. The zero-order valence-electron chi connectivity index (χ0n) is 14.6. The quantitative estimate of drug-likeness (QED) is 0.390. The molecule has 2 saturated heterocycles. The van der Waals surface area contributed by atoms with Crippen LogP contribution in [-0.2, 0) is 4.74 Å². The van der Waals surface area contributed by atoms with Crippen molar-refractivity contribution in [2.75, 3.05) is 25.4 Å². The highest BCUT2D eigenvalue weighted by molar-refractivity contribution is 14.0. The van der Waals surface area contributed by atoms with Crippen molar-refractivity contribution < 1.29 is 4.74 Å². The number of ether oxygens (including phenoxy) is 1. The van der Waals surface area contributed by atoms with E-state index in [9.17, 15) is 0 Å². The number of halogens is 1. The molecule has 2 aliphatic heterocycles. The summed E-state index contributed by atoms with van der Waals surface area (Å²) in [6.45, 7) is 9.59. The molecule has 0 amide bonds. The van der Waals surface area contributed by atoms with E-state index in [4.69, 9.17) is 9.73 Å². The van der Waals surface area contributed by atoms with Gasteiger partial charge in [0, 0.05) is 35.8 Å². The number of thioether (sulfide) groups is 1. The Hall–Kier alpha value is 0.310. The molecule has 3 rings (SSSR count). The molecule has 6 heteroatoms. The van der Waals surface area contributed by atoms with Gasteiger partial charge < -0.3 is 15.4 Å². The van der Waals surface area contributed by atoms with Gasteiger partial charge in [-0.2, -0.15) is 11.8 Å². The Morgan fingerprint density at radius 3 is 2.83 bits per heavy atom. The minimum absolute atomic E-state index is 0. The summed E-state index contributed by atoms with van der Waals surface area (Å²) in [5.41, 5.74) is 0.198. The van der Waals surface area contributed by atoms with E-state index < -0.39 is 0 Å². The highest BCUT2D eigenvalue weighted by atomic mass is 127. The molecule has 134 valence electrons. The average Bonchev–Trinajstić information content (AvgIpc) is 3.03. The number of nitrogens with zero attached hydrogens (tertiary/aromatic N) is 1. The van der Waals surface area contributed by atoms with E-state index in [-0.39, 0.29) is 29.4 Å². The molecule has 0 aromatic carbocycles. The molecule has 1 aliphatic carbocycles. The van der Waals surface area contributed by atoms with Crippen molar-refractivity contribution in [1.29, 1.82) is 0 Å². The summed E-state index contributed by atoms with van der Waals surface area (Å²) in [6.07, 6.45) is 5.57. The van der Waals surface area contributed by atoms with Gasteiger partial charge in [0.15, 0.2) is 5.96 Å². The van der Waals surface area contributed by atoms with Crippen LogP contribution in [0.25, 0.3) is 0 Å². The monoisotopic (exact) mass is 453 g/mol. The van der Waals surface area contributed by atoms with Gasteiger partial charge in [-0.25, -0.2) is 0 Å². The Balaban J connectivity index is 0.00000192. The molecule has 0 radical (unpaired) electrons. The molecule has 3 aliphatic rings. The van der Waals surface area contributed by atoms with Gasteiger partial charge in [-0.05, 0) is 38.4 Å². The summed E-state index contributed by atoms with van der Waals surface area (Å²) in [5.74, 6) is 2.95. The first-order chi connectivity index (χ1) is 10.6. The third kappa shape index (κ3) is 4.29. The predicted molar refractivity (Wildman–Crippen MR) is 110 cm³/mol. The van der Waals surface area contributed by atoms with Crippen LogP contribution in [0.15, 0.2) is 4.99 Å². The fourth-order valence-corrected chi connectivity index (χ4v) is 5.44. The van der Waals surface area contributed by atoms with Crippen LogP contribution in [-0.4, -0.2) is 48.8 Å². The Morgan fingerprint density at radius 2 is 2.13 bits per heavy atom. The number of nitrogens with one attached hydrogen (secondary N) is 2. The van der Waals surface area contributed by atoms with Gasteiger partial charge in [0.1, 0.15) is 0 Å². The van der Waals surface area contributed by atoms with Crippen LogP contribution in [0, 0.1) is 11.3 Å². The number of fused-ring (bicyclic) bond motifs is 1. The SMILES string of the molecule is CCNC(=NCC1CCCS1)NC1C2CCCOC2C1(C)C.I. The second kappa shape index (κ2) is 8.61. The summed E-state index contributed by atoms with van der Waals surface area (Å²) in [6, 6.07) is 0.479. The first-order valence-electron chi connectivity index (χ1n) is 8.91. The van der Waals surface area contributed by atoms with Crippen molar-refractivity contribution in [3.8, 4) is 0 Å². The molecule has 4 unspecified atom stereocenters. The summed E-state index contributed by atoms with van der Waals surface area (Å²) in [7, 11) is 0. The molecule has 0 bridgehead atoms. The molecular weight excluding hydrogens is 421 g/mol. The molecule has 4 nitrogen and oxygen atoms in total. The van der Waals surface area contributed by atoms with E-state index in [0.717, 1.165) is 30.9 Å². The number of hydrogen-bond donors (Lipinski definition) is 2. The number of guanidine groups is 1. The van der Waals surface area contributed by atoms with Gasteiger partial charge >= 0.3 is 0 Å².